The van der Waals surface area contributed by atoms with Gasteiger partial charge in [0.1, 0.15) is 6.04 Å². The molecule has 122 valence electrons. The van der Waals surface area contributed by atoms with Crippen molar-refractivity contribution in [2.45, 2.75) is 12.5 Å². The Morgan fingerprint density at radius 3 is 2.10 bits per heavy atom. The molecule has 1 amide bonds. The number of carboxylic acid groups (broad SMARTS) is 2. The minimum Gasteiger partial charge on any atom is -0.480 e. The zero-order chi connectivity index (χ0) is 16.3. The molecule has 0 radical (unpaired) electrons. The highest BCUT2D eigenvalue weighted by molar-refractivity contribution is 5.84. The number of nitrogens with zero attached hydrogens (tertiary/aromatic N) is 1. The molecule has 5 N–H and O–H groups in total. The lowest BCUT2D eigenvalue weighted by Crippen LogP contribution is -2.44. The first-order valence-corrected chi connectivity index (χ1v) is 6.64. The van der Waals surface area contributed by atoms with Crippen molar-refractivity contribution in [1.29, 1.82) is 0 Å². The van der Waals surface area contributed by atoms with Crippen molar-refractivity contribution in [1.82, 2.24) is 20.9 Å². The van der Waals surface area contributed by atoms with Crippen LogP contribution in [-0.2, 0) is 14.4 Å². The molecule has 0 heterocycles. The fraction of sp³-hybridized carbons (Fsp3) is 0.750. The first kappa shape index (κ1) is 19.3. The highest BCUT2D eigenvalue weighted by Gasteiger charge is 2.21. The molecule has 0 saturated carbocycles. The quantitative estimate of drug-likeness (QED) is 0.256. The summed E-state index contributed by atoms with van der Waals surface area (Å²) in [6, 6.07) is -0.910. The third-order valence-corrected chi connectivity index (χ3v) is 2.62. The van der Waals surface area contributed by atoms with E-state index in [1.54, 1.807) is 14.1 Å². The van der Waals surface area contributed by atoms with Crippen LogP contribution in [0.2, 0.25) is 0 Å². The molecule has 0 aromatic carbocycles. The second-order valence-electron chi connectivity index (χ2n) is 4.66. The number of carbonyl (C=O) groups excluding carboxylic acids is 1. The maximum atomic E-state index is 11.5. The van der Waals surface area contributed by atoms with E-state index < -0.39 is 18.0 Å². The van der Waals surface area contributed by atoms with Crippen molar-refractivity contribution < 1.29 is 24.6 Å². The summed E-state index contributed by atoms with van der Waals surface area (Å²) in [4.78, 5) is 34.1. The second kappa shape index (κ2) is 11.0. The van der Waals surface area contributed by atoms with E-state index in [2.05, 4.69) is 16.0 Å². The third-order valence-electron chi connectivity index (χ3n) is 2.62. The number of rotatable bonds is 12. The molecule has 21 heavy (non-hydrogen) atoms. The molecule has 0 rings (SSSR count). The number of amides is 1. The van der Waals surface area contributed by atoms with Crippen molar-refractivity contribution in [2.75, 3.05) is 46.8 Å². The van der Waals surface area contributed by atoms with Crippen molar-refractivity contribution in [3.05, 3.63) is 0 Å². The molecule has 1 atom stereocenters. The summed E-state index contributed by atoms with van der Waals surface area (Å²) in [5.41, 5.74) is 0. The van der Waals surface area contributed by atoms with Gasteiger partial charge in [0, 0.05) is 40.3 Å². The molecule has 0 aliphatic rings. The Labute approximate surface area is 123 Å². The molecule has 0 saturated heterocycles. The topological polar surface area (TPSA) is 131 Å². The van der Waals surface area contributed by atoms with Crippen molar-refractivity contribution in [3.8, 4) is 0 Å². The van der Waals surface area contributed by atoms with E-state index in [0.29, 0.717) is 26.2 Å². The molecule has 0 fully saturated rings. The molecule has 1 unspecified atom stereocenters. The molecule has 9 heteroatoms. The van der Waals surface area contributed by atoms with Gasteiger partial charge in [-0.1, -0.05) is 0 Å². The van der Waals surface area contributed by atoms with E-state index in [-0.39, 0.29) is 18.9 Å². The SMILES string of the molecule is CN(C)C(=O)CC(NCCNCCNCC(=O)O)C(=O)O. The Hall–Kier alpha value is -1.71. The molecular weight excluding hydrogens is 280 g/mol. The lowest BCUT2D eigenvalue weighted by atomic mass is 10.2. The summed E-state index contributed by atoms with van der Waals surface area (Å²) in [5, 5.41) is 25.9. The fourth-order valence-corrected chi connectivity index (χ4v) is 1.44. The van der Waals surface area contributed by atoms with E-state index >= 15 is 0 Å². The molecule has 0 bridgehead atoms. The summed E-state index contributed by atoms with van der Waals surface area (Å²) >= 11 is 0. The number of hydrogen-bond acceptors (Lipinski definition) is 6. The normalized spacial score (nSPS) is 11.9. The van der Waals surface area contributed by atoms with Gasteiger partial charge >= 0.3 is 11.9 Å². The zero-order valence-electron chi connectivity index (χ0n) is 12.4. The van der Waals surface area contributed by atoms with E-state index in [1.807, 2.05) is 0 Å². The molecule has 9 nitrogen and oxygen atoms in total. The molecule has 0 aromatic rings. The van der Waals surface area contributed by atoms with Gasteiger partial charge in [0.05, 0.1) is 13.0 Å². The van der Waals surface area contributed by atoms with E-state index in [9.17, 15) is 14.4 Å². The maximum Gasteiger partial charge on any atom is 0.321 e. The van der Waals surface area contributed by atoms with E-state index in [1.165, 1.54) is 4.90 Å². The van der Waals surface area contributed by atoms with Crippen molar-refractivity contribution in [3.63, 3.8) is 0 Å². The second-order valence-corrected chi connectivity index (χ2v) is 4.66. The zero-order valence-corrected chi connectivity index (χ0v) is 12.4. The van der Waals surface area contributed by atoms with Gasteiger partial charge in [0.25, 0.3) is 0 Å². The monoisotopic (exact) mass is 304 g/mol. The predicted octanol–water partition coefficient (Wildman–Crippen LogP) is -2.23. The number of aliphatic carboxylic acids is 2. The number of nitrogens with one attached hydrogen (secondary N) is 3. The van der Waals surface area contributed by atoms with Crippen LogP contribution in [0.15, 0.2) is 0 Å². The maximum absolute atomic E-state index is 11.5. The molecule has 0 spiro atoms. The molecule has 0 aromatic heterocycles. The van der Waals surface area contributed by atoms with Crippen LogP contribution >= 0.6 is 0 Å². The lowest BCUT2D eigenvalue weighted by molar-refractivity contribution is -0.142. The predicted molar refractivity (Wildman–Crippen MR) is 76.1 cm³/mol. The largest absolute Gasteiger partial charge is 0.480 e. The molecule has 0 aliphatic heterocycles. The Bertz CT molecular complexity index is 349. The standard InChI is InChI=1S/C12H24N4O5/c1-16(2)10(17)7-9(12(20)21)15-6-5-13-3-4-14-8-11(18)19/h9,13-15H,3-8H2,1-2H3,(H,18,19)(H,20,21). The number of carboxylic acids is 2. The van der Waals surface area contributed by atoms with Gasteiger partial charge in [-0.15, -0.1) is 0 Å². The Morgan fingerprint density at radius 2 is 1.57 bits per heavy atom. The average Bonchev–Trinajstić information content (AvgIpc) is 2.39. The van der Waals surface area contributed by atoms with Crippen LogP contribution in [0, 0.1) is 0 Å². The number of carbonyl (C=O) groups is 3. The van der Waals surface area contributed by atoms with Gasteiger partial charge in [0.15, 0.2) is 0 Å². The van der Waals surface area contributed by atoms with Gasteiger partial charge in [-0.25, -0.2) is 0 Å². The van der Waals surface area contributed by atoms with Gasteiger partial charge in [-0.05, 0) is 0 Å². The molecule has 0 aliphatic carbocycles. The smallest absolute Gasteiger partial charge is 0.321 e. The number of hydrogen-bond donors (Lipinski definition) is 5. The lowest BCUT2D eigenvalue weighted by Gasteiger charge is -2.17. The fourth-order valence-electron chi connectivity index (χ4n) is 1.44. The summed E-state index contributed by atoms with van der Waals surface area (Å²) < 4.78 is 0. The van der Waals surface area contributed by atoms with Crippen LogP contribution < -0.4 is 16.0 Å². The van der Waals surface area contributed by atoms with E-state index in [4.69, 9.17) is 10.2 Å². The first-order chi connectivity index (χ1) is 9.84. The highest BCUT2D eigenvalue weighted by atomic mass is 16.4. The minimum atomic E-state index is -1.06. The Kier molecular flexibility index (Phi) is 10.1. The summed E-state index contributed by atoms with van der Waals surface area (Å²) in [6.07, 6.45) is -0.0947. The average molecular weight is 304 g/mol. The van der Waals surface area contributed by atoms with Gasteiger partial charge in [-0.3, -0.25) is 14.4 Å². The van der Waals surface area contributed by atoms with Crippen LogP contribution in [-0.4, -0.2) is 85.8 Å². The summed E-state index contributed by atoms with van der Waals surface area (Å²) in [7, 11) is 3.15. The summed E-state index contributed by atoms with van der Waals surface area (Å²) in [6.45, 7) is 1.91. The van der Waals surface area contributed by atoms with Gasteiger partial charge < -0.3 is 31.1 Å². The van der Waals surface area contributed by atoms with Crippen LogP contribution in [0.1, 0.15) is 6.42 Å². The first-order valence-electron chi connectivity index (χ1n) is 6.64. The molecular formula is C12H24N4O5. The van der Waals surface area contributed by atoms with Crippen LogP contribution in [0.4, 0.5) is 0 Å². The van der Waals surface area contributed by atoms with Crippen LogP contribution in [0.25, 0.3) is 0 Å². The van der Waals surface area contributed by atoms with E-state index in [0.717, 1.165) is 0 Å². The Balaban J connectivity index is 3.73. The van der Waals surface area contributed by atoms with Crippen molar-refractivity contribution in [2.24, 2.45) is 0 Å². The summed E-state index contributed by atoms with van der Waals surface area (Å²) in [5.74, 6) is -2.22. The van der Waals surface area contributed by atoms with Crippen LogP contribution in [0.3, 0.4) is 0 Å². The minimum absolute atomic E-state index is 0.0896. The third kappa shape index (κ3) is 10.7. The van der Waals surface area contributed by atoms with Crippen LogP contribution in [0.5, 0.6) is 0 Å². The van der Waals surface area contributed by atoms with Gasteiger partial charge in [0.2, 0.25) is 5.91 Å². The van der Waals surface area contributed by atoms with Crippen molar-refractivity contribution >= 4 is 17.8 Å². The Morgan fingerprint density at radius 1 is 1.00 bits per heavy atom. The van der Waals surface area contributed by atoms with Gasteiger partial charge in [-0.2, -0.15) is 0 Å². The highest BCUT2D eigenvalue weighted by Crippen LogP contribution is 1.95.